The van der Waals surface area contributed by atoms with Crippen LogP contribution in [0.25, 0.3) is 0 Å². The normalized spacial score (nSPS) is 14.9. The molecule has 142 valence electrons. The maximum absolute atomic E-state index is 12.9. The Labute approximate surface area is 164 Å². The van der Waals surface area contributed by atoms with E-state index < -0.39 is 5.41 Å². The lowest BCUT2D eigenvalue weighted by Gasteiger charge is -2.27. The number of carbonyl (C=O) groups excluding carboxylic acids is 2. The van der Waals surface area contributed by atoms with E-state index in [0.29, 0.717) is 34.8 Å². The van der Waals surface area contributed by atoms with E-state index >= 15 is 0 Å². The van der Waals surface area contributed by atoms with Crippen molar-refractivity contribution in [1.29, 1.82) is 5.26 Å². The zero-order valence-electron chi connectivity index (χ0n) is 15.9. The summed E-state index contributed by atoms with van der Waals surface area (Å²) in [7, 11) is 0. The van der Waals surface area contributed by atoms with Crippen molar-refractivity contribution in [2.24, 2.45) is 5.41 Å². The fourth-order valence-electron chi connectivity index (χ4n) is 2.93. The number of anilines is 2. The Bertz CT molecular complexity index is 972. The largest absolute Gasteiger partial charge is 0.490 e. The first-order valence-electron chi connectivity index (χ1n) is 8.87. The van der Waals surface area contributed by atoms with Gasteiger partial charge in [0.2, 0.25) is 5.91 Å². The number of benzene rings is 2. The van der Waals surface area contributed by atoms with Crippen molar-refractivity contribution in [1.82, 2.24) is 0 Å². The van der Waals surface area contributed by atoms with E-state index in [-0.39, 0.29) is 18.4 Å². The quantitative estimate of drug-likeness (QED) is 0.825. The highest BCUT2D eigenvalue weighted by atomic mass is 16.5. The van der Waals surface area contributed by atoms with Crippen LogP contribution in [0.15, 0.2) is 55.1 Å². The molecule has 0 bridgehead atoms. The first-order chi connectivity index (χ1) is 13.4. The Morgan fingerprint density at radius 3 is 2.68 bits per heavy atom. The molecule has 0 radical (unpaired) electrons. The monoisotopic (exact) mass is 375 g/mol. The number of hydrogen-bond donors (Lipinski definition) is 1. The first kappa shape index (κ1) is 19.2. The van der Waals surface area contributed by atoms with E-state index in [1.54, 1.807) is 53.4 Å². The van der Waals surface area contributed by atoms with Crippen LogP contribution >= 0.6 is 0 Å². The molecule has 1 aliphatic heterocycles. The van der Waals surface area contributed by atoms with E-state index in [1.807, 2.05) is 19.9 Å². The summed E-state index contributed by atoms with van der Waals surface area (Å²) in [5.74, 6) is 0.208. The van der Waals surface area contributed by atoms with Gasteiger partial charge in [0, 0.05) is 17.8 Å². The molecule has 2 aromatic rings. The highest BCUT2D eigenvalue weighted by Gasteiger charge is 2.37. The van der Waals surface area contributed by atoms with Crippen LogP contribution in [0, 0.1) is 16.7 Å². The van der Waals surface area contributed by atoms with Crippen molar-refractivity contribution in [2.45, 2.75) is 13.8 Å². The van der Waals surface area contributed by atoms with Crippen LogP contribution in [-0.4, -0.2) is 25.0 Å². The molecular weight excluding hydrogens is 354 g/mol. The number of hydrogen-bond acceptors (Lipinski definition) is 4. The Morgan fingerprint density at radius 2 is 2.04 bits per heavy atom. The van der Waals surface area contributed by atoms with Crippen LogP contribution < -0.4 is 15.0 Å². The van der Waals surface area contributed by atoms with Crippen LogP contribution in [0.4, 0.5) is 11.4 Å². The average Bonchev–Trinajstić information content (AvgIpc) is 2.78. The zero-order valence-corrected chi connectivity index (χ0v) is 15.9. The lowest BCUT2D eigenvalue weighted by Crippen LogP contribution is -2.42. The van der Waals surface area contributed by atoms with E-state index in [0.717, 1.165) is 0 Å². The Hall–Kier alpha value is -3.59. The molecule has 2 aromatic carbocycles. The summed E-state index contributed by atoms with van der Waals surface area (Å²) in [4.78, 5) is 27.0. The smallest absolute Gasteiger partial charge is 0.255 e. The molecule has 28 heavy (non-hydrogen) atoms. The van der Waals surface area contributed by atoms with E-state index in [1.165, 1.54) is 0 Å². The SMILES string of the molecule is C=CCN1C(=O)C(C)(C)COc2ccc(NC(=O)c3ccc(C#N)cc3)cc21. The maximum Gasteiger partial charge on any atom is 0.255 e. The molecule has 0 saturated carbocycles. The molecule has 3 rings (SSSR count). The van der Waals surface area contributed by atoms with Crippen LogP contribution in [0.1, 0.15) is 29.8 Å². The van der Waals surface area contributed by atoms with Crippen LogP contribution in [0.5, 0.6) is 5.75 Å². The van der Waals surface area contributed by atoms with Gasteiger partial charge in [-0.2, -0.15) is 5.26 Å². The van der Waals surface area contributed by atoms with Crippen LogP contribution in [0.2, 0.25) is 0 Å². The number of rotatable bonds is 4. The molecule has 2 amide bonds. The molecule has 0 spiro atoms. The van der Waals surface area contributed by atoms with Gasteiger partial charge in [-0.3, -0.25) is 9.59 Å². The van der Waals surface area contributed by atoms with Crippen LogP contribution in [-0.2, 0) is 4.79 Å². The highest BCUT2D eigenvalue weighted by Crippen LogP contribution is 2.38. The molecule has 0 unspecified atom stereocenters. The highest BCUT2D eigenvalue weighted by molar-refractivity contribution is 6.05. The lowest BCUT2D eigenvalue weighted by atomic mass is 9.93. The predicted octanol–water partition coefficient (Wildman–Crippen LogP) is 3.75. The number of nitriles is 1. The second kappa shape index (κ2) is 7.57. The Kier molecular flexibility index (Phi) is 5.18. The molecular formula is C22H21N3O3. The summed E-state index contributed by atoms with van der Waals surface area (Å²) in [6.45, 7) is 8.02. The molecule has 6 nitrogen and oxygen atoms in total. The lowest BCUT2D eigenvalue weighted by molar-refractivity contribution is -0.127. The van der Waals surface area contributed by atoms with Crippen molar-refractivity contribution < 1.29 is 14.3 Å². The zero-order chi connectivity index (χ0) is 20.3. The third-order valence-electron chi connectivity index (χ3n) is 4.51. The van der Waals surface area contributed by atoms with Crippen molar-refractivity contribution in [3.8, 4) is 11.8 Å². The number of nitrogens with zero attached hydrogens (tertiary/aromatic N) is 2. The number of fused-ring (bicyclic) bond motifs is 1. The number of ether oxygens (including phenoxy) is 1. The van der Waals surface area contributed by atoms with Gasteiger partial charge in [-0.15, -0.1) is 6.58 Å². The molecule has 0 atom stereocenters. The van der Waals surface area contributed by atoms with E-state index in [2.05, 4.69) is 11.9 Å². The predicted molar refractivity (Wildman–Crippen MR) is 107 cm³/mol. The van der Waals surface area contributed by atoms with E-state index in [9.17, 15) is 9.59 Å². The second-order valence-electron chi connectivity index (χ2n) is 7.20. The standard InChI is InChI=1S/C22H21N3O3/c1-4-11-25-18-12-17(9-10-19(18)28-14-22(2,3)21(25)27)24-20(26)16-7-5-15(13-23)6-8-16/h4-10,12H,1,11,14H2,2-3H3,(H,24,26). The summed E-state index contributed by atoms with van der Waals surface area (Å²) in [6.07, 6.45) is 1.66. The molecule has 0 aliphatic carbocycles. The Balaban J connectivity index is 1.90. The summed E-state index contributed by atoms with van der Waals surface area (Å²) in [5, 5.41) is 11.7. The van der Waals surface area contributed by atoms with Crippen molar-refractivity contribution in [3.05, 3.63) is 66.2 Å². The molecule has 6 heteroatoms. The molecule has 0 fully saturated rings. The minimum atomic E-state index is -0.673. The molecule has 0 saturated heterocycles. The third-order valence-corrected chi connectivity index (χ3v) is 4.51. The van der Waals surface area contributed by atoms with Gasteiger partial charge in [-0.1, -0.05) is 6.08 Å². The average molecular weight is 375 g/mol. The number of amides is 2. The molecule has 1 heterocycles. The van der Waals surface area contributed by atoms with E-state index in [4.69, 9.17) is 10.00 Å². The van der Waals surface area contributed by atoms with Gasteiger partial charge in [-0.25, -0.2) is 0 Å². The second-order valence-corrected chi connectivity index (χ2v) is 7.20. The minimum absolute atomic E-state index is 0.0679. The van der Waals surface area contributed by atoms with Gasteiger partial charge in [0.1, 0.15) is 12.4 Å². The first-order valence-corrected chi connectivity index (χ1v) is 8.87. The van der Waals surface area contributed by atoms with Gasteiger partial charge in [0.15, 0.2) is 0 Å². The van der Waals surface area contributed by atoms with Crippen molar-refractivity contribution in [2.75, 3.05) is 23.4 Å². The van der Waals surface area contributed by atoms with Gasteiger partial charge in [0.25, 0.3) is 5.91 Å². The minimum Gasteiger partial charge on any atom is -0.490 e. The topological polar surface area (TPSA) is 82.4 Å². The van der Waals surface area contributed by atoms with Crippen molar-refractivity contribution in [3.63, 3.8) is 0 Å². The summed E-state index contributed by atoms with van der Waals surface area (Å²) in [6, 6.07) is 13.6. The summed E-state index contributed by atoms with van der Waals surface area (Å²) >= 11 is 0. The Morgan fingerprint density at radius 1 is 1.32 bits per heavy atom. The fraction of sp³-hybridized carbons (Fsp3) is 0.227. The van der Waals surface area contributed by atoms with Gasteiger partial charge >= 0.3 is 0 Å². The third kappa shape index (κ3) is 3.74. The summed E-state index contributed by atoms with van der Waals surface area (Å²) < 4.78 is 5.84. The van der Waals surface area contributed by atoms with Gasteiger partial charge in [-0.05, 0) is 56.3 Å². The molecule has 1 aliphatic rings. The van der Waals surface area contributed by atoms with Gasteiger partial charge in [0.05, 0.1) is 22.7 Å². The summed E-state index contributed by atoms with van der Waals surface area (Å²) in [5.41, 5.74) is 1.38. The van der Waals surface area contributed by atoms with Crippen molar-refractivity contribution >= 4 is 23.2 Å². The number of nitrogens with one attached hydrogen (secondary N) is 1. The number of carbonyl (C=O) groups is 2. The maximum atomic E-state index is 12.9. The molecule has 1 N–H and O–H groups in total. The molecule has 0 aromatic heterocycles. The van der Waals surface area contributed by atoms with Gasteiger partial charge < -0.3 is 15.0 Å². The van der Waals surface area contributed by atoms with Crippen LogP contribution in [0.3, 0.4) is 0 Å². The fourth-order valence-corrected chi connectivity index (χ4v) is 2.93.